The van der Waals surface area contributed by atoms with Gasteiger partial charge in [-0.2, -0.15) is 13.2 Å². The van der Waals surface area contributed by atoms with Gasteiger partial charge in [-0.05, 0) is 25.0 Å². The van der Waals surface area contributed by atoms with Gasteiger partial charge >= 0.3 is 12.1 Å². The first kappa shape index (κ1) is 17.3. The van der Waals surface area contributed by atoms with Crippen LogP contribution >= 0.6 is 11.6 Å². The van der Waals surface area contributed by atoms with E-state index in [9.17, 15) is 22.8 Å². The van der Waals surface area contributed by atoms with Crippen LogP contribution in [0.5, 0.6) is 0 Å². The van der Waals surface area contributed by atoms with Crippen molar-refractivity contribution < 1.29 is 27.9 Å². The second kappa shape index (κ2) is 6.34. The summed E-state index contributed by atoms with van der Waals surface area (Å²) >= 11 is 5.86. The Hall–Kier alpha value is -1.76. The van der Waals surface area contributed by atoms with E-state index in [1.165, 1.54) is 5.32 Å². The predicted octanol–water partition coefficient (Wildman–Crippen LogP) is 2.79. The number of rotatable bonds is 5. The summed E-state index contributed by atoms with van der Waals surface area (Å²) in [7, 11) is 0. The molecular formula is C13H13ClF3NO3. The molecule has 1 amide bonds. The van der Waals surface area contributed by atoms with Gasteiger partial charge in [0, 0.05) is 11.4 Å². The van der Waals surface area contributed by atoms with Gasteiger partial charge in [0.15, 0.2) is 0 Å². The van der Waals surface area contributed by atoms with E-state index in [4.69, 9.17) is 16.7 Å². The van der Waals surface area contributed by atoms with Gasteiger partial charge in [0.25, 0.3) is 0 Å². The Morgan fingerprint density at radius 1 is 1.29 bits per heavy atom. The Morgan fingerprint density at radius 2 is 1.86 bits per heavy atom. The summed E-state index contributed by atoms with van der Waals surface area (Å²) in [5.41, 5.74) is -2.72. The quantitative estimate of drug-likeness (QED) is 0.875. The van der Waals surface area contributed by atoms with Crippen molar-refractivity contribution in [2.24, 2.45) is 0 Å². The smallest absolute Gasteiger partial charge is 0.422 e. The second-order valence-electron chi connectivity index (χ2n) is 4.57. The van der Waals surface area contributed by atoms with Gasteiger partial charge in [-0.25, -0.2) is 4.79 Å². The van der Waals surface area contributed by atoms with E-state index in [-0.39, 0.29) is 12.8 Å². The molecule has 0 aliphatic heterocycles. The highest BCUT2D eigenvalue weighted by molar-refractivity contribution is 6.31. The van der Waals surface area contributed by atoms with Gasteiger partial charge < -0.3 is 10.4 Å². The lowest BCUT2D eigenvalue weighted by Gasteiger charge is -2.28. The van der Waals surface area contributed by atoms with Crippen molar-refractivity contribution in [2.45, 2.75) is 31.5 Å². The number of benzene rings is 1. The first-order valence-electron chi connectivity index (χ1n) is 5.92. The Labute approximate surface area is 123 Å². The van der Waals surface area contributed by atoms with Crippen LogP contribution in [0.4, 0.5) is 13.2 Å². The highest BCUT2D eigenvalue weighted by Crippen LogP contribution is 2.30. The molecule has 0 aliphatic carbocycles. The van der Waals surface area contributed by atoms with Crippen molar-refractivity contribution in [3.8, 4) is 0 Å². The monoisotopic (exact) mass is 323 g/mol. The number of hydrogen-bond donors (Lipinski definition) is 2. The lowest BCUT2D eigenvalue weighted by atomic mass is 10.0. The number of alkyl halides is 3. The Kier molecular flexibility index (Phi) is 5.22. The summed E-state index contributed by atoms with van der Waals surface area (Å²) < 4.78 is 38.2. The van der Waals surface area contributed by atoms with Gasteiger partial charge in [0.2, 0.25) is 11.4 Å². The molecule has 8 heteroatoms. The first-order valence-corrected chi connectivity index (χ1v) is 6.30. The molecule has 21 heavy (non-hydrogen) atoms. The van der Waals surface area contributed by atoms with E-state index in [1.807, 2.05) is 0 Å². The number of carboxylic acid groups (broad SMARTS) is 1. The predicted molar refractivity (Wildman–Crippen MR) is 70.0 cm³/mol. The number of halogens is 4. The third-order valence-corrected chi connectivity index (χ3v) is 3.33. The highest BCUT2D eigenvalue weighted by Gasteiger charge is 2.58. The number of aliphatic carboxylic acids is 1. The third-order valence-electron chi connectivity index (χ3n) is 2.96. The third kappa shape index (κ3) is 4.10. The molecule has 2 N–H and O–H groups in total. The van der Waals surface area contributed by atoms with E-state index in [2.05, 4.69) is 0 Å². The number of carboxylic acids is 1. The summed E-state index contributed by atoms with van der Waals surface area (Å²) in [4.78, 5) is 22.4. The minimum atomic E-state index is -5.10. The maximum Gasteiger partial charge on any atom is 0.422 e. The fraction of sp³-hybridized carbons (Fsp3) is 0.385. The normalized spacial score (nSPS) is 14.3. The summed E-state index contributed by atoms with van der Waals surface area (Å²) in [5.74, 6) is -3.18. The molecule has 1 aromatic rings. The van der Waals surface area contributed by atoms with Crippen molar-refractivity contribution in [2.75, 3.05) is 0 Å². The van der Waals surface area contributed by atoms with Crippen molar-refractivity contribution in [3.63, 3.8) is 0 Å². The van der Waals surface area contributed by atoms with E-state index in [0.717, 1.165) is 0 Å². The summed E-state index contributed by atoms with van der Waals surface area (Å²) in [5, 5.41) is 10.6. The van der Waals surface area contributed by atoms with E-state index in [1.54, 1.807) is 24.3 Å². The van der Waals surface area contributed by atoms with Crippen LogP contribution in [-0.2, 0) is 16.0 Å². The molecule has 0 heterocycles. The number of aryl methyl sites for hydroxylation is 1. The number of carbonyl (C=O) groups excluding carboxylic acids is 1. The summed E-state index contributed by atoms with van der Waals surface area (Å²) in [6.45, 7) is 0.405. The zero-order valence-electron chi connectivity index (χ0n) is 11.0. The standard InChI is InChI=1S/C13H13ClF3NO3/c1-12(11(20)21,13(15,16)17)18-10(19)7-6-8-4-2-3-5-9(8)14/h2-5H,6-7H2,1H3,(H,18,19)(H,20,21). The van der Waals surface area contributed by atoms with Crippen LogP contribution in [0.3, 0.4) is 0 Å². The van der Waals surface area contributed by atoms with Crippen molar-refractivity contribution >= 4 is 23.5 Å². The number of hydrogen-bond acceptors (Lipinski definition) is 2. The minimum Gasteiger partial charge on any atom is -0.479 e. The van der Waals surface area contributed by atoms with Gasteiger partial charge in [-0.1, -0.05) is 29.8 Å². The average molecular weight is 324 g/mol. The molecule has 1 aromatic carbocycles. The molecule has 1 rings (SSSR count). The molecule has 1 unspecified atom stereocenters. The van der Waals surface area contributed by atoms with Crippen LogP contribution in [0.15, 0.2) is 24.3 Å². The fourth-order valence-electron chi connectivity index (χ4n) is 1.54. The van der Waals surface area contributed by atoms with Crippen LogP contribution in [0.25, 0.3) is 0 Å². The first-order chi connectivity index (χ1) is 9.58. The Morgan fingerprint density at radius 3 is 2.33 bits per heavy atom. The van der Waals surface area contributed by atoms with Crippen molar-refractivity contribution in [3.05, 3.63) is 34.9 Å². The SMILES string of the molecule is CC(NC(=O)CCc1ccccc1Cl)(C(=O)O)C(F)(F)F. The largest absolute Gasteiger partial charge is 0.479 e. The van der Waals surface area contributed by atoms with Crippen LogP contribution in [0, 0.1) is 0 Å². The molecule has 0 aliphatic rings. The van der Waals surface area contributed by atoms with E-state index < -0.39 is 23.6 Å². The second-order valence-corrected chi connectivity index (χ2v) is 4.97. The maximum atomic E-state index is 12.7. The van der Waals surface area contributed by atoms with E-state index in [0.29, 0.717) is 17.5 Å². The Balaban J connectivity index is 2.73. The number of carbonyl (C=O) groups is 2. The molecule has 0 bridgehead atoms. The maximum absolute atomic E-state index is 12.7. The number of nitrogens with one attached hydrogen (secondary N) is 1. The molecule has 1 atom stereocenters. The molecular weight excluding hydrogens is 311 g/mol. The average Bonchev–Trinajstić information content (AvgIpc) is 2.36. The molecule has 116 valence electrons. The van der Waals surface area contributed by atoms with Crippen LogP contribution in [0.2, 0.25) is 5.02 Å². The van der Waals surface area contributed by atoms with Gasteiger partial charge in [0.05, 0.1) is 0 Å². The van der Waals surface area contributed by atoms with Crippen LogP contribution < -0.4 is 5.32 Å². The lowest BCUT2D eigenvalue weighted by Crippen LogP contribution is -2.61. The molecule has 0 spiro atoms. The van der Waals surface area contributed by atoms with E-state index >= 15 is 0 Å². The van der Waals surface area contributed by atoms with Gasteiger partial charge in [0.1, 0.15) is 0 Å². The zero-order valence-corrected chi connectivity index (χ0v) is 11.8. The zero-order chi connectivity index (χ0) is 16.3. The molecule has 0 saturated heterocycles. The number of amides is 1. The fourth-order valence-corrected chi connectivity index (χ4v) is 1.77. The summed E-state index contributed by atoms with van der Waals surface area (Å²) in [6, 6.07) is 6.58. The lowest BCUT2D eigenvalue weighted by molar-refractivity contribution is -0.206. The highest BCUT2D eigenvalue weighted by atomic mass is 35.5. The minimum absolute atomic E-state index is 0.110. The Bertz CT molecular complexity index is 548. The summed E-state index contributed by atoms with van der Waals surface area (Å²) in [6.07, 6.45) is -5.29. The van der Waals surface area contributed by atoms with Crippen molar-refractivity contribution in [1.82, 2.24) is 5.32 Å². The molecule has 0 aromatic heterocycles. The topological polar surface area (TPSA) is 66.4 Å². The molecule has 0 radical (unpaired) electrons. The van der Waals surface area contributed by atoms with Crippen molar-refractivity contribution in [1.29, 1.82) is 0 Å². The molecule has 0 saturated carbocycles. The molecule has 0 fully saturated rings. The van der Waals surface area contributed by atoms with Gasteiger partial charge in [-0.15, -0.1) is 0 Å². The van der Waals surface area contributed by atoms with Crippen LogP contribution in [-0.4, -0.2) is 28.7 Å². The van der Waals surface area contributed by atoms with Gasteiger partial charge in [-0.3, -0.25) is 4.79 Å². The molecule has 4 nitrogen and oxygen atoms in total. The van der Waals surface area contributed by atoms with Crippen LogP contribution in [0.1, 0.15) is 18.9 Å².